The van der Waals surface area contributed by atoms with Crippen molar-refractivity contribution in [1.82, 2.24) is 19.8 Å². The standard InChI is InChI=1S/C13H8F3N5O3/c1-7-2-3-9(8(6-7)21(22)23)24-11-5-4-10-17-18-12(13(14,15)16)20(10)19-11/h2-6H,1H3. The minimum Gasteiger partial charge on any atom is -0.430 e. The fraction of sp³-hybridized carbons (Fsp3) is 0.154. The summed E-state index contributed by atoms with van der Waals surface area (Å²) in [5.41, 5.74) is 0.181. The monoisotopic (exact) mass is 339 g/mol. The quantitative estimate of drug-likeness (QED) is 0.537. The molecule has 0 N–H and O–H groups in total. The number of halogens is 3. The number of aromatic nitrogens is 4. The third kappa shape index (κ3) is 2.83. The van der Waals surface area contributed by atoms with E-state index in [9.17, 15) is 23.3 Å². The topological polar surface area (TPSA) is 95.5 Å². The van der Waals surface area contributed by atoms with Crippen molar-refractivity contribution in [2.45, 2.75) is 13.1 Å². The minimum absolute atomic E-state index is 0.131. The molecule has 11 heteroatoms. The maximum Gasteiger partial charge on any atom is 0.453 e. The summed E-state index contributed by atoms with van der Waals surface area (Å²) in [5, 5.41) is 21.1. The molecule has 0 fully saturated rings. The van der Waals surface area contributed by atoms with Crippen molar-refractivity contribution in [1.29, 1.82) is 0 Å². The Hall–Kier alpha value is -3.24. The molecule has 124 valence electrons. The van der Waals surface area contributed by atoms with Crippen molar-refractivity contribution in [3.63, 3.8) is 0 Å². The van der Waals surface area contributed by atoms with Crippen molar-refractivity contribution in [3.05, 3.63) is 51.8 Å². The van der Waals surface area contributed by atoms with E-state index in [4.69, 9.17) is 4.74 Å². The van der Waals surface area contributed by atoms with E-state index in [2.05, 4.69) is 15.3 Å². The van der Waals surface area contributed by atoms with Crippen LogP contribution in [0.1, 0.15) is 11.4 Å². The van der Waals surface area contributed by atoms with Gasteiger partial charge in [-0.25, -0.2) is 0 Å². The third-order valence-electron chi connectivity index (χ3n) is 3.02. The zero-order valence-electron chi connectivity index (χ0n) is 12.0. The third-order valence-corrected chi connectivity index (χ3v) is 3.02. The molecule has 24 heavy (non-hydrogen) atoms. The fourth-order valence-electron chi connectivity index (χ4n) is 1.97. The number of nitro benzene ring substituents is 1. The first-order chi connectivity index (χ1) is 11.3. The van der Waals surface area contributed by atoms with Gasteiger partial charge in [0.15, 0.2) is 5.65 Å². The van der Waals surface area contributed by atoms with Gasteiger partial charge in [-0.1, -0.05) is 6.07 Å². The van der Waals surface area contributed by atoms with Crippen LogP contribution < -0.4 is 4.74 Å². The highest BCUT2D eigenvalue weighted by atomic mass is 19.4. The summed E-state index contributed by atoms with van der Waals surface area (Å²) >= 11 is 0. The van der Waals surface area contributed by atoms with Crippen LogP contribution >= 0.6 is 0 Å². The molecule has 8 nitrogen and oxygen atoms in total. The predicted molar refractivity (Wildman–Crippen MR) is 73.7 cm³/mol. The van der Waals surface area contributed by atoms with Gasteiger partial charge in [0, 0.05) is 12.1 Å². The number of rotatable bonds is 3. The number of hydrogen-bond donors (Lipinski definition) is 0. The van der Waals surface area contributed by atoms with Gasteiger partial charge in [0.25, 0.3) is 5.82 Å². The summed E-state index contributed by atoms with van der Waals surface area (Å²) in [5.74, 6) is -1.72. The van der Waals surface area contributed by atoms with E-state index in [0.29, 0.717) is 10.1 Å². The highest BCUT2D eigenvalue weighted by molar-refractivity contribution is 5.50. The minimum atomic E-state index is -4.75. The smallest absolute Gasteiger partial charge is 0.430 e. The largest absolute Gasteiger partial charge is 0.453 e. The molecule has 0 saturated heterocycles. The van der Waals surface area contributed by atoms with Gasteiger partial charge in [-0.2, -0.15) is 17.7 Å². The van der Waals surface area contributed by atoms with Crippen molar-refractivity contribution < 1.29 is 22.8 Å². The van der Waals surface area contributed by atoms with Crippen LogP contribution in [0.5, 0.6) is 11.6 Å². The molecule has 0 aliphatic heterocycles. The van der Waals surface area contributed by atoms with Gasteiger partial charge < -0.3 is 4.74 Å². The Morgan fingerprint density at radius 2 is 1.96 bits per heavy atom. The van der Waals surface area contributed by atoms with Crippen molar-refractivity contribution in [2.24, 2.45) is 0 Å². The lowest BCUT2D eigenvalue weighted by Gasteiger charge is -2.07. The second-order valence-corrected chi connectivity index (χ2v) is 4.79. The molecule has 0 bridgehead atoms. The maximum absolute atomic E-state index is 12.8. The normalized spacial score (nSPS) is 11.7. The Morgan fingerprint density at radius 1 is 1.21 bits per heavy atom. The molecule has 0 aliphatic carbocycles. The number of fused-ring (bicyclic) bond motifs is 1. The van der Waals surface area contributed by atoms with Gasteiger partial charge in [0.1, 0.15) is 0 Å². The van der Waals surface area contributed by atoms with E-state index in [1.54, 1.807) is 13.0 Å². The molecule has 0 spiro atoms. The number of nitro groups is 1. The highest BCUT2D eigenvalue weighted by Gasteiger charge is 2.37. The second-order valence-electron chi connectivity index (χ2n) is 4.79. The molecule has 0 saturated carbocycles. The van der Waals surface area contributed by atoms with Crippen molar-refractivity contribution >= 4 is 11.3 Å². The molecule has 1 aromatic carbocycles. The first kappa shape index (κ1) is 15.6. The Kier molecular flexibility index (Phi) is 3.55. The van der Waals surface area contributed by atoms with Crippen LogP contribution in [0.15, 0.2) is 30.3 Å². The molecule has 2 heterocycles. The Bertz CT molecular complexity index is 938. The molecule has 0 amide bonds. The van der Waals surface area contributed by atoms with Gasteiger partial charge in [0.2, 0.25) is 11.6 Å². The lowest BCUT2D eigenvalue weighted by atomic mass is 10.2. The molecule has 0 aliphatic rings. The number of hydrogen-bond acceptors (Lipinski definition) is 6. The molecular weight excluding hydrogens is 331 g/mol. The summed E-state index contributed by atoms with van der Waals surface area (Å²) in [6.07, 6.45) is -4.75. The summed E-state index contributed by atoms with van der Waals surface area (Å²) in [6.45, 7) is 1.66. The van der Waals surface area contributed by atoms with E-state index in [1.807, 2.05) is 0 Å². The van der Waals surface area contributed by atoms with Crippen LogP contribution in [0.25, 0.3) is 5.65 Å². The lowest BCUT2D eigenvalue weighted by Crippen LogP contribution is -2.12. The van der Waals surface area contributed by atoms with Gasteiger partial charge in [-0.3, -0.25) is 10.1 Å². The van der Waals surface area contributed by atoms with E-state index >= 15 is 0 Å². The van der Waals surface area contributed by atoms with Crippen molar-refractivity contribution in [3.8, 4) is 11.6 Å². The summed E-state index contributed by atoms with van der Waals surface area (Å²) < 4.78 is 44.2. The maximum atomic E-state index is 12.8. The van der Waals surface area contributed by atoms with Crippen LogP contribution in [0.4, 0.5) is 18.9 Å². The first-order valence-corrected chi connectivity index (χ1v) is 6.48. The molecule has 3 rings (SSSR count). The number of ether oxygens (including phenoxy) is 1. The van der Waals surface area contributed by atoms with Gasteiger partial charge >= 0.3 is 11.9 Å². The zero-order valence-corrected chi connectivity index (χ0v) is 12.0. The van der Waals surface area contributed by atoms with E-state index in [-0.39, 0.29) is 23.0 Å². The Morgan fingerprint density at radius 3 is 2.62 bits per heavy atom. The SMILES string of the molecule is Cc1ccc(Oc2ccc3nnc(C(F)(F)F)n3n2)c([N+](=O)[O-])c1. The average Bonchev–Trinajstić information content (AvgIpc) is 2.92. The fourth-order valence-corrected chi connectivity index (χ4v) is 1.97. The number of nitrogens with zero attached hydrogens (tertiary/aromatic N) is 5. The Labute approximate surface area is 131 Å². The molecule has 0 radical (unpaired) electrons. The average molecular weight is 339 g/mol. The lowest BCUT2D eigenvalue weighted by molar-refractivity contribution is -0.385. The van der Waals surface area contributed by atoms with Crippen molar-refractivity contribution in [2.75, 3.05) is 0 Å². The van der Waals surface area contributed by atoms with Crippen LogP contribution in [0, 0.1) is 17.0 Å². The zero-order chi connectivity index (χ0) is 17.5. The van der Waals surface area contributed by atoms with Crippen LogP contribution in [0.2, 0.25) is 0 Å². The molecule has 2 aromatic heterocycles. The van der Waals surface area contributed by atoms with Gasteiger partial charge in [-0.05, 0) is 24.6 Å². The summed E-state index contributed by atoms with van der Waals surface area (Å²) in [7, 11) is 0. The summed E-state index contributed by atoms with van der Waals surface area (Å²) in [6, 6.07) is 6.66. The van der Waals surface area contributed by atoms with E-state index in [0.717, 1.165) is 0 Å². The van der Waals surface area contributed by atoms with Crippen LogP contribution in [-0.4, -0.2) is 24.7 Å². The number of benzene rings is 1. The number of alkyl halides is 3. The molecule has 0 atom stereocenters. The van der Waals surface area contributed by atoms with E-state index < -0.39 is 16.9 Å². The summed E-state index contributed by atoms with van der Waals surface area (Å²) in [4.78, 5) is 10.4. The first-order valence-electron chi connectivity index (χ1n) is 6.48. The van der Waals surface area contributed by atoms with E-state index in [1.165, 1.54) is 24.3 Å². The van der Waals surface area contributed by atoms with Crippen LogP contribution in [-0.2, 0) is 6.18 Å². The van der Waals surface area contributed by atoms with Gasteiger partial charge in [0.05, 0.1) is 4.92 Å². The molecular formula is C13H8F3N5O3. The predicted octanol–water partition coefficient (Wildman–Crippen LogP) is 3.15. The highest BCUT2D eigenvalue weighted by Crippen LogP contribution is 2.32. The number of aryl methyl sites for hydroxylation is 1. The molecule has 0 unspecified atom stereocenters. The second kappa shape index (κ2) is 5.44. The Balaban J connectivity index is 2.04. The van der Waals surface area contributed by atoms with Gasteiger partial charge in [-0.15, -0.1) is 15.3 Å². The molecule has 3 aromatic rings. The van der Waals surface area contributed by atoms with Crippen LogP contribution in [0.3, 0.4) is 0 Å².